The Balaban J connectivity index is 2.80. The molecule has 1 heterocycles. The fourth-order valence-electron chi connectivity index (χ4n) is 1.06. The molecule has 0 bridgehead atoms. The lowest BCUT2D eigenvalue weighted by Crippen LogP contribution is -2.24. The minimum absolute atomic E-state index is 0.0236. The van der Waals surface area contributed by atoms with Gasteiger partial charge in [-0.05, 0) is 26.0 Å². The number of hydrogen-bond acceptors (Lipinski definition) is 4. The summed E-state index contributed by atoms with van der Waals surface area (Å²) in [5.74, 6) is -0.583. The van der Waals surface area contributed by atoms with Crippen LogP contribution in [0.5, 0.6) is 0 Å². The van der Waals surface area contributed by atoms with Crippen LogP contribution in [0.1, 0.15) is 45.9 Å². The zero-order chi connectivity index (χ0) is 11.6. The van der Waals surface area contributed by atoms with Crippen LogP contribution in [0.25, 0.3) is 0 Å². The number of tetrazole rings is 1. The summed E-state index contributed by atoms with van der Waals surface area (Å²) in [7, 11) is 0. The largest absolute Gasteiger partial charge is 0.481 e. The first-order chi connectivity index (χ1) is 6.80. The monoisotopic (exact) mass is 212 g/mol. The molecule has 6 nitrogen and oxygen atoms in total. The lowest BCUT2D eigenvalue weighted by atomic mass is 10.1. The fraction of sp³-hybridized carbons (Fsp3) is 0.778. The van der Waals surface area contributed by atoms with Crippen molar-refractivity contribution < 1.29 is 9.90 Å². The zero-order valence-electron chi connectivity index (χ0n) is 9.43. The molecule has 0 amide bonds. The van der Waals surface area contributed by atoms with Crippen molar-refractivity contribution >= 4 is 5.97 Å². The van der Waals surface area contributed by atoms with E-state index in [1.165, 1.54) is 4.80 Å². The number of aromatic nitrogens is 4. The lowest BCUT2D eigenvalue weighted by Gasteiger charge is -2.15. The summed E-state index contributed by atoms with van der Waals surface area (Å²) in [4.78, 5) is 12.0. The molecule has 0 saturated carbocycles. The number of carboxylic acids is 1. The van der Waals surface area contributed by atoms with Crippen molar-refractivity contribution in [2.45, 2.75) is 45.6 Å². The highest BCUT2D eigenvalue weighted by molar-refractivity contribution is 5.67. The van der Waals surface area contributed by atoms with Crippen LogP contribution in [0.3, 0.4) is 0 Å². The Morgan fingerprint density at radius 3 is 2.53 bits per heavy atom. The minimum Gasteiger partial charge on any atom is -0.481 e. The summed E-state index contributed by atoms with van der Waals surface area (Å²) < 4.78 is 0. The van der Waals surface area contributed by atoms with Crippen LogP contribution < -0.4 is 0 Å². The number of carbonyl (C=O) groups is 1. The summed E-state index contributed by atoms with van der Waals surface area (Å²) in [5, 5.41) is 20.5. The van der Waals surface area contributed by atoms with Crippen molar-refractivity contribution in [3.05, 3.63) is 5.82 Å². The highest BCUT2D eigenvalue weighted by atomic mass is 16.4. The van der Waals surface area contributed by atoms with Gasteiger partial charge < -0.3 is 5.11 Å². The van der Waals surface area contributed by atoms with Gasteiger partial charge in [0.25, 0.3) is 0 Å². The van der Waals surface area contributed by atoms with Crippen LogP contribution in [0, 0.1) is 0 Å². The molecule has 0 aliphatic carbocycles. The van der Waals surface area contributed by atoms with Gasteiger partial charge in [0.15, 0.2) is 5.82 Å². The maximum atomic E-state index is 10.5. The molecule has 1 atom stereocenters. The minimum atomic E-state index is -0.852. The van der Waals surface area contributed by atoms with Crippen molar-refractivity contribution in [1.29, 1.82) is 0 Å². The molecule has 1 unspecified atom stereocenters. The molecule has 1 aromatic heterocycles. The van der Waals surface area contributed by atoms with Crippen molar-refractivity contribution in [2.75, 3.05) is 0 Å². The van der Waals surface area contributed by atoms with Crippen molar-refractivity contribution in [2.24, 2.45) is 0 Å². The molecule has 1 N–H and O–H groups in total. The number of nitrogens with zero attached hydrogens (tertiary/aromatic N) is 4. The molecule has 0 radical (unpaired) electrons. The molecule has 0 spiro atoms. The van der Waals surface area contributed by atoms with Gasteiger partial charge in [0.1, 0.15) is 0 Å². The number of rotatable bonds is 3. The lowest BCUT2D eigenvalue weighted by molar-refractivity contribution is -0.137. The molecular weight excluding hydrogens is 196 g/mol. The van der Waals surface area contributed by atoms with Crippen molar-refractivity contribution in [1.82, 2.24) is 20.2 Å². The van der Waals surface area contributed by atoms with Gasteiger partial charge in [0, 0.05) is 5.92 Å². The number of hydrogen-bond donors (Lipinski definition) is 1. The summed E-state index contributed by atoms with van der Waals surface area (Å²) in [6, 6.07) is 0. The highest BCUT2D eigenvalue weighted by Crippen LogP contribution is 2.16. The van der Waals surface area contributed by atoms with Crippen LogP contribution in [0.15, 0.2) is 0 Å². The Morgan fingerprint density at radius 1 is 1.53 bits per heavy atom. The third kappa shape index (κ3) is 3.00. The van der Waals surface area contributed by atoms with Gasteiger partial charge in [0.2, 0.25) is 0 Å². The second-order valence-corrected chi connectivity index (χ2v) is 4.61. The fourth-order valence-corrected chi connectivity index (χ4v) is 1.06. The molecule has 0 aromatic carbocycles. The van der Waals surface area contributed by atoms with Gasteiger partial charge in [-0.25, -0.2) is 0 Å². The highest BCUT2D eigenvalue weighted by Gasteiger charge is 2.20. The van der Waals surface area contributed by atoms with Crippen LogP contribution >= 0.6 is 0 Å². The van der Waals surface area contributed by atoms with E-state index in [1.807, 2.05) is 20.8 Å². The third-order valence-electron chi connectivity index (χ3n) is 1.95. The normalized spacial score (nSPS) is 13.9. The summed E-state index contributed by atoms with van der Waals surface area (Å²) >= 11 is 0. The average molecular weight is 212 g/mol. The van der Waals surface area contributed by atoms with E-state index in [9.17, 15) is 4.79 Å². The smallest absolute Gasteiger partial charge is 0.304 e. The first kappa shape index (κ1) is 11.6. The first-order valence-corrected chi connectivity index (χ1v) is 4.83. The molecule has 0 aliphatic rings. The van der Waals surface area contributed by atoms with E-state index in [0.717, 1.165) is 0 Å². The SMILES string of the molecule is CC(CC(=O)O)c1nnn(C(C)(C)C)n1. The van der Waals surface area contributed by atoms with Crippen molar-refractivity contribution in [3.8, 4) is 0 Å². The molecule has 0 aliphatic heterocycles. The van der Waals surface area contributed by atoms with Crippen LogP contribution in [-0.4, -0.2) is 31.3 Å². The van der Waals surface area contributed by atoms with E-state index >= 15 is 0 Å². The Morgan fingerprint density at radius 2 is 2.13 bits per heavy atom. The van der Waals surface area contributed by atoms with Gasteiger partial charge in [0.05, 0.1) is 12.0 Å². The number of carboxylic acid groups (broad SMARTS) is 1. The summed E-state index contributed by atoms with van der Waals surface area (Å²) in [6.45, 7) is 7.65. The van der Waals surface area contributed by atoms with Gasteiger partial charge in [-0.15, -0.1) is 10.2 Å². The Bertz CT molecular complexity index is 353. The third-order valence-corrected chi connectivity index (χ3v) is 1.95. The predicted molar refractivity (Wildman–Crippen MR) is 53.5 cm³/mol. The van der Waals surface area contributed by atoms with E-state index in [-0.39, 0.29) is 17.9 Å². The summed E-state index contributed by atoms with van der Waals surface area (Å²) in [5.41, 5.74) is -0.228. The van der Waals surface area contributed by atoms with Crippen LogP contribution in [0.4, 0.5) is 0 Å². The zero-order valence-corrected chi connectivity index (χ0v) is 9.43. The van der Waals surface area contributed by atoms with E-state index in [4.69, 9.17) is 5.11 Å². The van der Waals surface area contributed by atoms with Gasteiger partial charge in [-0.3, -0.25) is 4.79 Å². The quantitative estimate of drug-likeness (QED) is 0.808. The van der Waals surface area contributed by atoms with Crippen molar-refractivity contribution in [3.63, 3.8) is 0 Å². The second-order valence-electron chi connectivity index (χ2n) is 4.61. The van der Waals surface area contributed by atoms with Gasteiger partial charge >= 0.3 is 5.97 Å². The van der Waals surface area contributed by atoms with E-state index in [2.05, 4.69) is 15.4 Å². The summed E-state index contributed by atoms with van der Waals surface area (Å²) in [6.07, 6.45) is 0.0236. The average Bonchev–Trinajstić information content (AvgIpc) is 2.48. The maximum absolute atomic E-state index is 10.5. The van der Waals surface area contributed by atoms with Crippen LogP contribution in [0.2, 0.25) is 0 Å². The molecule has 1 aromatic rings. The molecule has 1 rings (SSSR count). The molecule has 0 saturated heterocycles. The van der Waals surface area contributed by atoms with E-state index in [1.54, 1.807) is 6.92 Å². The van der Waals surface area contributed by atoms with E-state index in [0.29, 0.717) is 5.82 Å². The standard InChI is InChI=1S/C9H16N4O2/c1-6(5-7(14)15)8-10-12-13(11-8)9(2,3)4/h6H,5H2,1-4H3,(H,14,15). The molecule has 15 heavy (non-hydrogen) atoms. The number of aliphatic carboxylic acids is 1. The Hall–Kier alpha value is -1.46. The second kappa shape index (κ2) is 3.96. The van der Waals surface area contributed by atoms with Gasteiger partial charge in [-0.1, -0.05) is 6.92 Å². The molecule has 0 fully saturated rings. The molecular formula is C9H16N4O2. The van der Waals surface area contributed by atoms with Gasteiger partial charge in [-0.2, -0.15) is 4.80 Å². The molecule has 84 valence electrons. The molecule has 6 heteroatoms. The van der Waals surface area contributed by atoms with Crippen LogP contribution in [-0.2, 0) is 10.3 Å². The van der Waals surface area contributed by atoms with E-state index < -0.39 is 5.97 Å². The first-order valence-electron chi connectivity index (χ1n) is 4.83. The predicted octanol–water partition coefficient (Wildman–Crippen LogP) is 1.01. The topological polar surface area (TPSA) is 80.9 Å². The Kier molecular flexibility index (Phi) is 3.06. The Labute approximate surface area is 88.3 Å². The maximum Gasteiger partial charge on any atom is 0.304 e.